The van der Waals surface area contributed by atoms with E-state index < -0.39 is 0 Å². The molecule has 1 aliphatic heterocycles. The van der Waals surface area contributed by atoms with E-state index in [-0.39, 0.29) is 30.1 Å². The molecule has 6 heteroatoms. The van der Waals surface area contributed by atoms with Crippen molar-refractivity contribution in [3.05, 3.63) is 0 Å². The lowest BCUT2D eigenvalue weighted by molar-refractivity contribution is -0.122. The molecule has 1 aliphatic rings. The lowest BCUT2D eigenvalue weighted by Gasteiger charge is -2.32. The highest BCUT2D eigenvalue weighted by Gasteiger charge is 2.24. The van der Waals surface area contributed by atoms with Crippen molar-refractivity contribution in [2.45, 2.75) is 12.8 Å². The molecule has 14 heavy (non-hydrogen) atoms. The van der Waals surface area contributed by atoms with Gasteiger partial charge in [0.05, 0.1) is 11.8 Å². The molecule has 1 amide bonds. The third kappa shape index (κ3) is 3.35. The Morgan fingerprint density at radius 3 is 2.79 bits per heavy atom. The van der Waals surface area contributed by atoms with E-state index in [4.69, 9.17) is 22.7 Å². The number of hydrogen-bond donors (Lipinski definition) is 2. The number of halogens is 2. The van der Waals surface area contributed by atoms with Crippen molar-refractivity contribution in [1.82, 2.24) is 4.90 Å². The molecular weight excluding hydrogens is 225 g/mol. The summed E-state index contributed by atoms with van der Waals surface area (Å²) in [5.41, 5.74) is 5.20. The summed E-state index contributed by atoms with van der Waals surface area (Å²) in [5.74, 6) is 0.197. The summed E-state index contributed by atoms with van der Waals surface area (Å²) in [4.78, 5) is 12.7. The highest BCUT2D eigenvalue weighted by atomic mass is 35.5. The van der Waals surface area contributed by atoms with Gasteiger partial charge in [-0.1, -0.05) is 0 Å². The first-order valence-electron chi connectivity index (χ1n) is 4.32. The molecule has 1 fully saturated rings. The Bertz CT molecular complexity index is 223. The van der Waals surface area contributed by atoms with Crippen LogP contribution in [-0.4, -0.2) is 35.6 Å². The number of carbonyl (C=O) groups excluding carboxylic acids is 1. The Kier molecular flexibility index (Phi) is 5.88. The van der Waals surface area contributed by atoms with E-state index in [0.29, 0.717) is 12.4 Å². The quantitative estimate of drug-likeness (QED) is 0.426. The van der Waals surface area contributed by atoms with Gasteiger partial charge >= 0.3 is 0 Å². The highest BCUT2D eigenvalue weighted by Crippen LogP contribution is 2.16. The van der Waals surface area contributed by atoms with Gasteiger partial charge in [-0.05, 0) is 12.8 Å². The summed E-state index contributed by atoms with van der Waals surface area (Å²) in [6.45, 7) is 1.37. The molecule has 0 bridgehead atoms. The minimum absolute atomic E-state index is 0. The van der Waals surface area contributed by atoms with Gasteiger partial charge in [0.15, 0.2) is 0 Å². The van der Waals surface area contributed by atoms with Crippen LogP contribution in [0.4, 0.5) is 0 Å². The summed E-state index contributed by atoms with van der Waals surface area (Å²) in [5, 5.41) is 7.50. The van der Waals surface area contributed by atoms with Crippen LogP contribution in [-0.2, 0) is 4.79 Å². The van der Waals surface area contributed by atoms with E-state index in [2.05, 4.69) is 0 Å². The molecule has 1 saturated heterocycles. The Morgan fingerprint density at radius 1 is 1.64 bits per heavy atom. The van der Waals surface area contributed by atoms with Crippen molar-refractivity contribution >= 4 is 35.8 Å². The van der Waals surface area contributed by atoms with Crippen molar-refractivity contribution in [3.8, 4) is 0 Å². The fourth-order valence-corrected chi connectivity index (χ4v) is 1.71. The third-order valence-corrected chi connectivity index (χ3v) is 2.59. The van der Waals surface area contributed by atoms with E-state index in [0.717, 1.165) is 19.4 Å². The van der Waals surface area contributed by atoms with Crippen LogP contribution in [0.25, 0.3) is 0 Å². The summed E-state index contributed by atoms with van der Waals surface area (Å²) in [6.07, 6.45) is 1.74. The van der Waals surface area contributed by atoms with E-state index >= 15 is 0 Å². The average molecular weight is 240 g/mol. The van der Waals surface area contributed by atoms with Gasteiger partial charge in [-0.25, -0.2) is 0 Å². The molecule has 1 atom stereocenters. The van der Waals surface area contributed by atoms with Crippen LogP contribution in [0.15, 0.2) is 0 Å². The maximum absolute atomic E-state index is 10.9. The second kappa shape index (κ2) is 6.09. The minimum Gasteiger partial charge on any atom is -0.369 e. The zero-order valence-electron chi connectivity index (χ0n) is 7.83. The predicted octanol–water partition coefficient (Wildman–Crippen LogP) is 0.822. The van der Waals surface area contributed by atoms with Gasteiger partial charge in [0.25, 0.3) is 0 Å². The average Bonchev–Trinajstić information content (AvgIpc) is 2.17. The Morgan fingerprint density at radius 2 is 2.29 bits per heavy atom. The Hall–Kier alpha value is -0.480. The van der Waals surface area contributed by atoms with Gasteiger partial charge < -0.3 is 10.6 Å². The number of likely N-dealkylation sites (tertiary alicyclic amines) is 1. The van der Waals surface area contributed by atoms with Crippen molar-refractivity contribution in [2.24, 2.45) is 11.7 Å². The van der Waals surface area contributed by atoms with Crippen molar-refractivity contribution in [1.29, 1.82) is 5.41 Å². The molecule has 3 N–H and O–H groups in total. The second-order valence-corrected chi connectivity index (χ2v) is 3.54. The largest absolute Gasteiger partial charge is 0.369 e. The molecule has 0 spiro atoms. The first kappa shape index (κ1) is 13.5. The van der Waals surface area contributed by atoms with Gasteiger partial charge in [0, 0.05) is 13.1 Å². The zero-order chi connectivity index (χ0) is 9.84. The third-order valence-electron chi connectivity index (χ3n) is 2.33. The number of primary amides is 1. The van der Waals surface area contributed by atoms with Crippen molar-refractivity contribution in [2.75, 3.05) is 19.0 Å². The molecule has 0 aromatic rings. The fraction of sp³-hybridized carbons (Fsp3) is 0.750. The van der Waals surface area contributed by atoms with E-state index in [1.165, 1.54) is 0 Å². The van der Waals surface area contributed by atoms with E-state index in [9.17, 15) is 4.79 Å². The fourth-order valence-electron chi connectivity index (χ4n) is 1.54. The Balaban J connectivity index is 0.00000169. The molecule has 0 saturated carbocycles. The number of nitrogens with one attached hydrogen (secondary N) is 1. The van der Waals surface area contributed by atoms with Gasteiger partial charge in [0.1, 0.15) is 5.84 Å². The zero-order valence-corrected chi connectivity index (χ0v) is 9.40. The van der Waals surface area contributed by atoms with Crippen LogP contribution >= 0.6 is 24.0 Å². The number of carbonyl (C=O) groups is 1. The SMILES string of the molecule is Cl.N=C(CCl)N1CCCC(C(N)=O)C1. The molecule has 4 nitrogen and oxygen atoms in total. The number of hydrogen-bond acceptors (Lipinski definition) is 2. The number of nitrogens with two attached hydrogens (primary N) is 1. The second-order valence-electron chi connectivity index (χ2n) is 3.27. The number of amidine groups is 1. The van der Waals surface area contributed by atoms with Crippen LogP contribution in [0, 0.1) is 11.3 Å². The maximum Gasteiger partial charge on any atom is 0.222 e. The standard InChI is InChI=1S/C8H14ClN3O.ClH/c9-4-7(10)12-3-1-2-6(5-12)8(11)13;/h6,10H,1-5H2,(H2,11,13);1H. The van der Waals surface area contributed by atoms with Crippen LogP contribution in [0.1, 0.15) is 12.8 Å². The lowest BCUT2D eigenvalue weighted by Crippen LogP contribution is -2.44. The van der Waals surface area contributed by atoms with Crippen LogP contribution in [0.3, 0.4) is 0 Å². The topological polar surface area (TPSA) is 70.2 Å². The van der Waals surface area contributed by atoms with E-state index in [1.807, 2.05) is 4.90 Å². The molecule has 0 radical (unpaired) electrons. The van der Waals surface area contributed by atoms with Gasteiger partial charge in [0.2, 0.25) is 5.91 Å². The lowest BCUT2D eigenvalue weighted by atomic mass is 9.97. The molecule has 1 heterocycles. The highest BCUT2D eigenvalue weighted by molar-refractivity contribution is 6.27. The molecule has 0 aromatic carbocycles. The summed E-state index contributed by atoms with van der Waals surface area (Å²) in [6, 6.07) is 0. The number of amides is 1. The van der Waals surface area contributed by atoms with Gasteiger partial charge in [-0.3, -0.25) is 10.2 Å². The van der Waals surface area contributed by atoms with Crippen molar-refractivity contribution < 1.29 is 4.79 Å². The number of rotatable bonds is 2. The van der Waals surface area contributed by atoms with Crippen LogP contribution < -0.4 is 5.73 Å². The Labute approximate surface area is 94.7 Å². The number of alkyl halides is 1. The summed E-state index contributed by atoms with van der Waals surface area (Å²) >= 11 is 5.53. The first-order valence-corrected chi connectivity index (χ1v) is 4.86. The van der Waals surface area contributed by atoms with Gasteiger partial charge in [-0.2, -0.15) is 0 Å². The molecule has 0 aromatic heterocycles. The molecule has 82 valence electrons. The van der Waals surface area contributed by atoms with E-state index in [1.54, 1.807) is 0 Å². The summed E-state index contributed by atoms with van der Waals surface area (Å²) in [7, 11) is 0. The number of nitrogens with zero attached hydrogens (tertiary/aromatic N) is 1. The van der Waals surface area contributed by atoms with Crippen LogP contribution in [0.5, 0.6) is 0 Å². The normalized spacial score (nSPS) is 21.2. The summed E-state index contributed by atoms with van der Waals surface area (Å²) < 4.78 is 0. The monoisotopic (exact) mass is 239 g/mol. The van der Waals surface area contributed by atoms with Crippen molar-refractivity contribution in [3.63, 3.8) is 0 Å². The van der Waals surface area contributed by atoms with Gasteiger partial charge in [-0.15, -0.1) is 24.0 Å². The van der Waals surface area contributed by atoms with Crippen LogP contribution in [0.2, 0.25) is 0 Å². The molecule has 0 aliphatic carbocycles. The molecular formula is C8H15Cl2N3O. The minimum atomic E-state index is -0.271. The smallest absolute Gasteiger partial charge is 0.222 e. The maximum atomic E-state index is 10.9. The predicted molar refractivity (Wildman–Crippen MR) is 59.2 cm³/mol. The molecule has 1 unspecified atom stereocenters. The number of piperidine rings is 1. The first-order chi connectivity index (χ1) is 6.15. The molecule has 1 rings (SSSR count).